The van der Waals surface area contributed by atoms with E-state index in [9.17, 15) is 13.6 Å². The Kier molecular flexibility index (Phi) is 5.55. The van der Waals surface area contributed by atoms with Gasteiger partial charge in [0.1, 0.15) is 11.6 Å². The van der Waals surface area contributed by atoms with Crippen molar-refractivity contribution in [1.82, 2.24) is 9.88 Å². The molecule has 0 bridgehead atoms. The molecule has 1 aliphatic heterocycles. The molecule has 1 amide bonds. The number of hydrogen-bond donors (Lipinski definition) is 1. The van der Waals surface area contributed by atoms with Crippen LogP contribution in [0.3, 0.4) is 0 Å². The Morgan fingerprint density at radius 3 is 2.92 bits per heavy atom. The van der Waals surface area contributed by atoms with E-state index in [4.69, 9.17) is 4.74 Å². The lowest BCUT2D eigenvalue weighted by Crippen LogP contribution is -2.52. The van der Waals surface area contributed by atoms with E-state index < -0.39 is 17.9 Å². The van der Waals surface area contributed by atoms with Crippen LogP contribution >= 0.6 is 0 Å². The number of likely N-dealkylation sites (tertiary alicyclic amines) is 1. The Morgan fingerprint density at radius 2 is 2.31 bits per heavy atom. The van der Waals surface area contributed by atoms with Crippen molar-refractivity contribution in [3.05, 3.63) is 31.0 Å². The number of hydrogen-bond acceptors (Lipinski definition) is 4. The highest BCUT2D eigenvalue weighted by Crippen LogP contribution is 2.34. The first-order valence-corrected chi connectivity index (χ1v) is 9.03. The molecule has 1 aromatic heterocycles. The molecule has 0 unspecified atom stereocenters. The van der Waals surface area contributed by atoms with E-state index in [1.165, 1.54) is 18.9 Å². The second-order valence-corrected chi connectivity index (χ2v) is 7.15. The summed E-state index contributed by atoms with van der Waals surface area (Å²) >= 11 is 0. The fourth-order valence-corrected chi connectivity index (χ4v) is 2.99. The third-order valence-corrected chi connectivity index (χ3v) is 5.09. The number of aromatic nitrogens is 1. The fourth-order valence-electron chi connectivity index (χ4n) is 2.99. The van der Waals surface area contributed by atoms with Crippen molar-refractivity contribution in [2.24, 2.45) is 11.8 Å². The van der Waals surface area contributed by atoms with E-state index in [-0.39, 0.29) is 25.4 Å². The molecule has 2 heterocycles. The zero-order chi connectivity index (χ0) is 18.7. The zero-order valence-corrected chi connectivity index (χ0v) is 15.0. The van der Waals surface area contributed by atoms with E-state index in [0.29, 0.717) is 24.1 Å². The van der Waals surface area contributed by atoms with Crippen molar-refractivity contribution >= 4 is 11.7 Å². The Bertz CT molecular complexity index is 647. The van der Waals surface area contributed by atoms with Gasteiger partial charge in [-0.3, -0.25) is 9.69 Å². The molecule has 26 heavy (non-hydrogen) atoms. The topological polar surface area (TPSA) is 54.5 Å². The average molecular weight is 365 g/mol. The molecule has 2 atom stereocenters. The second kappa shape index (κ2) is 7.70. The van der Waals surface area contributed by atoms with Crippen molar-refractivity contribution in [2.75, 3.05) is 25.0 Å². The highest BCUT2D eigenvalue weighted by Gasteiger charge is 2.43. The van der Waals surface area contributed by atoms with Gasteiger partial charge in [-0.25, -0.2) is 13.8 Å². The third-order valence-electron chi connectivity index (χ3n) is 5.09. The first-order chi connectivity index (χ1) is 12.4. The van der Waals surface area contributed by atoms with Gasteiger partial charge < -0.3 is 10.1 Å². The molecule has 5 nitrogen and oxygen atoms in total. The van der Waals surface area contributed by atoms with E-state index in [1.807, 2.05) is 0 Å². The summed E-state index contributed by atoms with van der Waals surface area (Å²) in [5.74, 6) is -2.21. The van der Waals surface area contributed by atoms with Gasteiger partial charge in [0.15, 0.2) is 0 Å². The number of nitrogens with one attached hydrogen (secondary N) is 1. The van der Waals surface area contributed by atoms with Crippen LogP contribution in [-0.2, 0) is 4.79 Å². The van der Waals surface area contributed by atoms with Gasteiger partial charge in [0.05, 0.1) is 24.8 Å². The minimum atomic E-state index is -2.76. The molecule has 0 radical (unpaired) electrons. The molecule has 0 spiro atoms. The van der Waals surface area contributed by atoms with Crippen LogP contribution in [0.25, 0.3) is 0 Å². The first kappa shape index (κ1) is 18.8. The summed E-state index contributed by atoms with van der Waals surface area (Å²) in [5, 5.41) is 2.74. The molecule has 1 saturated carbocycles. The molecule has 1 aliphatic carbocycles. The number of ether oxygens (including phenoxy) is 1. The number of carbonyl (C=O) groups is 1. The lowest BCUT2D eigenvalue weighted by molar-refractivity contribution is -0.127. The summed E-state index contributed by atoms with van der Waals surface area (Å²) in [7, 11) is 0. The van der Waals surface area contributed by atoms with Crippen LogP contribution in [0.2, 0.25) is 0 Å². The predicted octanol–water partition coefficient (Wildman–Crippen LogP) is 3.34. The normalized spacial score (nSPS) is 23.9. The van der Waals surface area contributed by atoms with Gasteiger partial charge in [-0.1, -0.05) is 6.08 Å². The van der Waals surface area contributed by atoms with Gasteiger partial charge >= 0.3 is 0 Å². The van der Waals surface area contributed by atoms with Crippen LogP contribution in [0.15, 0.2) is 31.0 Å². The van der Waals surface area contributed by atoms with Crippen molar-refractivity contribution in [3.63, 3.8) is 0 Å². The zero-order valence-electron chi connectivity index (χ0n) is 15.0. The second-order valence-electron chi connectivity index (χ2n) is 7.15. The standard InChI is InChI=1S/C19H25F2N3O2/c1-3-15-11-24(9-8-19(15,20)21)13(2)18(25)23-17-7-6-16(10-22-17)26-12-14-4-5-14/h3,6-7,10,13-15H,1,4-5,8-9,11-12H2,2H3,(H,22,23,25)/t13-,15-/m0/s1. The number of amides is 1. The minimum Gasteiger partial charge on any atom is -0.492 e. The van der Waals surface area contributed by atoms with Gasteiger partial charge in [-0.15, -0.1) is 6.58 Å². The summed E-state index contributed by atoms with van der Waals surface area (Å²) in [4.78, 5) is 18.4. The number of piperidine rings is 1. The van der Waals surface area contributed by atoms with Crippen molar-refractivity contribution in [2.45, 2.75) is 38.2 Å². The summed E-state index contributed by atoms with van der Waals surface area (Å²) in [6, 6.07) is 2.93. The van der Waals surface area contributed by atoms with Crippen LogP contribution < -0.4 is 10.1 Å². The van der Waals surface area contributed by atoms with Gasteiger partial charge in [0, 0.05) is 19.5 Å². The van der Waals surface area contributed by atoms with E-state index in [1.54, 1.807) is 30.2 Å². The maximum absolute atomic E-state index is 13.8. The molecule has 1 aromatic rings. The molecule has 3 rings (SSSR count). The van der Waals surface area contributed by atoms with Crippen molar-refractivity contribution in [1.29, 1.82) is 0 Å². The van der Waals surface area contributed by atoms with Gasteiger partial charge in [-0.05, 0) is 37.8 Å². The lowest BCUT2D eigenvalue weighted by atomic mass is 9.92. The third kappa shape index (κ3) is 4.58. The van der Waals surface area contributed by atoms with Crippen molar-refractivity contribution in [3.8, 4) is 5.75 Å². The molecule has 1 saturated heterocycles. The van der Waals surface area contributed by atoms with Gasteiger partial charge in [-0.2, -0.15) is 0 Å². The number of pyridine rings is 1. The van der Waals surface area contributed by atoms with Gasteiger partial charge in [0.2, 0.25) is 5.91 Å². The monoisotopic (exact) mass is 365 g/mol. The molecule has 142 valence electrons. The summed E-state index contributed by atoms with van der Waals surface area (Å²) in [6.07, 6.45) is 5.02. The van der Waals surface area contributed by atoms with E-state index >= 15 is 0 Å². The van der Waals surface area contributed by atoms with E-state index in [2.05, 4.69) is 16.9 Å². The Morgan fingerprint density at radius 1 is 1.54 bits per heavy atom. The number of rotatable bonds is 7. The largest absolute Gasteiger partial charge is 0.492 e. The highest BCUT2D eigenvalue weighted by molar-refractivity contribution is 5.93. The van der Waals surface area contributed by atoms with Crippen LogP contribution in [0.5, 0.6) is 5.75 Å². The summed E-state index contributed by atoms with van der Waals surface area (Å²) < 4.78 is 33.2. The number of halogens is 2. The van der Waals surface area contributed by atoms with Crippen LogP contribution in [0.4, 0.5) is 14.6 Å². The maximum Gasteiger partial charge on any atom is 0.256 e. The molecule has 1 N–H and O–H groups in total. The number of alkyl halides is 2. The Hall–Kier alpha value is -2.02. The summed E-state index contributed by atoms with van der Waals surface area (Å²) in [5.41, 5.74) is 0. The molecule has 7 heteroatoms. The van der Waals surface area contributed by atoms with E-state index in [0.717, 1.165) is 0 Å². The van der Waals surface area contributed by atoms with Crippen molar-refractivity contribution < 1.29 is 18.3 Å². The molecule has 2 fully saturated rings. The smallest absolute Gasteiger partial charge is 0.256 e. The first-order valence-electron chi connectivity index (χ1n) is 9.03. The molecular formula is C19H25F2N3O2. The predicted molar refractivity (Wildman–Crippen MR) is 95.4 cm³/mol. The number of nitrogens with zero attached hydrogens (tertiary/aromatic N) is 2. The van der Waals surface area contributed by atoms with Crippen LogP contribution in [0.1, 0.15) is 26.2 Å². The summed E-state index contributed by atoms with van der Waals surface area (Å²) in [6.45, 7) is 6.20. The minimum absolute atomic E-state index is 0.118. The molecular weight excluding hydrogens is 340 g/mol. The lowest BCUT2D eigenvalue weighted by Gasteiger charge is -2.39. The number of carbonyl (C=O) groups excluding carboxylic acids is 1. The maximum atomic E-state index is 13.8. The SMILES string of the molecule is C=C[C@H]1CN([C@@H](C)C(=O)Nc2ccc(OCC3CC3)cn2)CCC1(F)F. The average Bonchev–Trinajstić information content (AvgIpc) is 3.45. The molecule has 0 aromatic carbocycles. The fraction of sp³-hybridized carbons (Fsp3) is 0.579. The number of anilines is 1. The van der Waals surface area contributed by atoms with Crippen LogP contribution in [-0.4, -0.2) is 47.5 Å². The van der Waals surface area contributed by atoms with Crippen LogP contribution in [0, 0.1) is 11.8 Å². The quantitative estimate of drug-likeness (QED) is 0.753. The Labute approximate surface area is 152 Å². The van der Waals surface area contributed by atoms with Gasteiger partial charge in [0.25, 0.3) is 5.92 Å². The highest BCUT2D eigenvalue weighted by atomic mass is 19.3. The molecule has 2 aliphatic rings. The Balaban J connectivity index is 1.52.